The Labute approximate surface area is 222 Å². The molecule has 2 unspecified atom stereocenters. The van der Waals surface area contributed by atoms with Crippen LogP contribution in [0.1, 0.15) is 66.6 Å². The van der Waals surface area contributed by atoms with Gasteiger partial charge in [0.15, 0.2) is 0 Å². The Balaban J connectivity index is 1.53. The van der Waals surface area contributed by atoms with Crippen LogP contribution in [0.3, 0.4) is 0 Å². The monoisotopic (exact) mass is 521 g/mol. The van der Waals surface area contributed by atoms with Gasteiger partial charge in [0.1, 0.15) is 16.0 Å². The average molecular weight is 522 g/mol. The molecule has 1 fully saturated rings. The lowest BCUT2D eigenvalue weighted by molar-refractivity contribution is -0.0734. The Bertz CT molecular complexity index is 1220. The Kier molecular flexibility index (Phi) is 7.99. The molecular weight excluding hydrogens is 486 g/mol. The number of cyclic esters (lactones) is 1. The van der Waals surface area contributed by atoms with Crippen LogP contribution in [0.4, 0.5) is 4.79 Å². The molecule has 2 aromatic carbocycles. The molecule has 1 aliphatic heterocycles. The van der Waals surface area contributed by atoms with Crippen LogP contribution in [0.5, 0.6) is 0 Å². The zero-order valence-electron chi connectivity index (χ0n) is 22.0. The summed E-state index contributed by atoms with van der Waals surface area (Å²) in [7, 11) is 3.45. The fourth-order valence-corrected chi connectivity index (χ4v) is 5.76. The number of hydrogen-bond donors (Lipinski definition) is 1. The molecule has 0 aliphatic carbocycles. The number of ether oxygens (including phenoxy) is 1. The number of carbonyl (C=O) groups excluding carboxylic acids is 2. The lowest BCUT2D eigenvalue weighted by atomic mass is 9.79. The zero-order valence-corrected chi connectivity index (χ0v) is 22.9. The van der Waals surface area contributed by atoms with E-state index in [-0.39, 0.29) is 24.0 Å². The van der Waals surface area contributed by atoms with Crippen LogP contribution in [0.15, 0.2) is 60.8 Å². The van der Waals surface area contributed by atoms with Gasteiger partial charge in [-0.3, -0.25) is 4.79 Å². The van der Waals surface area contributed by atoms with E-state index in [1.54, 1.807) is 39.0 Å². The molecule has 196 valence electrons. The van der Waals surface area contributed by atoms with Gasteiger partial charge >= 0.3 is 6.09 Å². The Morgan fingerprint density at radius 3 is 2.46 bits per heavy atom. The van der Waals surface area contributed by atoms with E-state index in [4.69, 9.17) is 4.74 Å². The van der Waals surface area contributed by atoms with Crippen LogP contribution in [0.25, 0.3) is 10.6 Å². The van der Waals surface area contributed by atoms with Gasteiger partial charge in [-0.1, -0.05) is 54.6 Å². The molecule has 37 heavy (non-hydrogen) atoms. The highest BCUT2D eigenvalue weighted by molar-refractivity contribution is 7.16. The van der Waals surface area contributed by atoms with E-state index in [0.29, 0.717) is 11.4 Å². The number of carbonyl (C=O) groups is 2. The summed E-state index contributed by atoms with van der Waals surface area (Å²) in [4.78, 5) is 34.0. The summed E-state index contributed by atoms with van der Waals surface area (Å²) in [5, 5.41) is 11.7. The number of rotatable bonds is 6. The van der Waals surface area contributed by atoms with Crippen LogP contribution < -0.4 is 0 Å². The summed E-state index contributed by atoms with van der Waals surface area (Å²) in [6, 6.07) is 17.4. The molecule has 1 aromatic heterocycles. The van der Waals surface area contributed by atoms with Gasteiger partial charge in [0, 0.05) is 32.1 Å². The Morgan fingerprint density at radius 2 is 1.84 bits per heavy atom. The summed E-state index contributed by atoms with van der Waals surface area (Å²) >= 11 is 1.36. The quantitative estimate of drug-likeness (QED) is 0.434. The molecule has 1 aliphatic rings. The lowest BCUT2D eigenvalue weighted by Gasteiger charge is -2.40. The molecule has 1 saturated heterocycles. The fourth-order valence-electron chi connectivity index (χ4n) is 4.81. The first kappa shape index (κ1) is 26.8. The third-order valence-electron chi connectivity index (χ3n) is 7.01. The van der Waals surface area contributed by atoms with Crippen LogP contribution >= 0.6 is 11.3 Å². The number of amides is 2. The fraction of sp³-hybridized carbons (Fsp3) is 0.414. The van der Waals surface area contributed by atoms with E-state index >= 15 is 0 Å². The van der Waals surface area contributed by atoms with Crippen molar-refractivity contribution >= 4 is 23.3 Å². The predicted molar refractivity (Wildman–Crippen MR) is 145 cm³/mol. The van der Waals surface area contributed by atoms with Crippen molar-refractivity contribution in [3.63, 3.8) is 0 Å². The standard InChI is InChI=1S/C29H35N3O4S/c1-19(20-13-15-22(16-14-20)26-30-18-24(37-26)27(33)31(4)5)32-17-9-12-23(29(2,3)35)25(36-28(32)34)21-10-7-6-8-11-21/h6-8,10-11,13-16,18-19,23,25,35H,9,12,17H2,1-5H3/t19-,23?,25?/m0/s1. The summed E-state index contributed by atoms with van der Waals surface area (Å²) in [6.45, 7) is 6.11. The molecule has 2 amide bonds. The van der Waals surface area contributed by atoms with Gasteiger partial charge in [-0.15, -0.1) is 11.3 Å². The number of hydrogen-bond acceptors (Lipinski definition) is 6. The number of nitrogens with zero attached hydrogens (tertiary/aromatic N) is 3. The zero-order chi connectivity index (χ0) is 26.7. The SMILES string of the molecule is C[C@@H](c1ccc(-c2ncc(C(=O)N(C)C)s2)cc1)N1CCCC(C(C)(C)O)C(c2ccccc2)OC1=O. The van der Waals surface area contributed by atoms with E-state index < -0.39 is 11.7 Å². The maximum absolute atomic E-state index is 13.4. The molecule has 3 aromatic rings. The van der Waals surface area contributed by atoms with E-state index in [1.807, 2.05) is 61.5 Å². The summed E-state index contributed by atoms with van der Waals surface area (Å²) in [5.74, 6) is -0.275. The molecule has 4 rings (SSSR count). The predicted octanol–water partition coefficient (Wildman–Crippen LogP) is 5.93. The summed E-state index contributed by atoms with van der Waals surface area (Å²) in [5.41, 5.74) is 1.80. The third-order valence-corrected chi connectivity index (χ3v) is 8.04. The molecule has 2 heterocycles. The first-order chi connectivity index (χ1) is 17.6. The third kappa shape index (κ3) is 6.02. The molecule has 3 atom stereocenters. The van der Waals surface area contributed by atoms with Crippen molar-refractivity contribution in [2.24, 2.45) is 5.92 Å². The minimum Gasteiger partial charge on any atom is -0.441 e. The van der Waals surface area contributed by atoms with Crippen molar-refractivity contribution in [1.29, 1.82) is 0 Å². The van der Waals surface area contributed by atoms with Crippen molar-refractivity contribution in [1.82, 2.24) is 14.8 Å². The van der Waals surface area contributed by atoms with E-state index in [2.05, 4.69) is 4.98 Å². The minimum atomic E-state index is -0.989. The second-order valence-electron chi connectivity index (χ2n) is 10.3. The number of aromatic nitrogens is 1. The summed E-state index contributed by atoms with van der Waals surface area (Å²) < 4.78 is 6.09. The molecule has 0 spiro atoms. The largest absolute Gasteiger partial charge is 0.441 e. The van der Waals surface area contributed by atoms with Crippen molar-refractivity contribution in [2.75, 3.05) is 20.6 Å². The second-order valence-corrected chi connectivity index (χ2v) is 11.4. The van der Waals surface area contributed by atoms with Crippen molar-refractivity contribution in [3.8, 4) is 10.6 Å². The molecule has 0 bridgehead atoms. The molecular formula is C29H35N3O4S. The number of aliphatic hydroxyl groups is 1. The van der Waals surface area contributed by atoms with Crippen LogP contribution in [0.2, 0.25) is 0 Å². The Hall–Kier alpha value is -3.23. The average Bonchev–Trinajstić information content (AvgIpc) is 3.35. The van der Waals surface area contributed by atoms with E-state index in [0.717, 1.165) is 34.5 Å². The maximum Gasteiger partial charge on any atom is 0.410 e. The van der Waals surface area contributed by atoms with Crippen LogP contribution in [-0.4, -0.2) is 58.1 Å². The first-order valence-corrected chi connectivity index (χ1v) is 13.4. The second kappa shape index (κ2) is 11.0. The van der Waals surface area contributed by atoms with Gasteiger partial charge in [-0.2, -0.15) is 0 Å². The minimum absolute atomic E-state index is 0.0646. The smallest absolute Gasteiger partial charge is 0.410 e. The molecule has 7 nitrogen and oxygen atoms in total. The van der Waals surface area contributed by atoms with Gasteiger partial charge in [-0.05, 0) is 44.7 Å². The van der Waals surface area contributed by atoms with Crippen molar-refractivity contribution in [3.05, 3.63) is 76.8 Å². The van der Waals surface area contributed by atoms with E-state index in [9.17, 15) is 14.7 Å². The highest BCUT2D eigenvalue weighted by atomic mass is 32.1. The maximum atomic E-state index is 13.4. The van der Waals surface area contributed by atoms with Crippen molar-refractivity contribution < 1.29 is 19.4 Å². The highest BCUT2D eigenvalue weighted by Crippen LogP contribution is 2.40. The highest BCUT2D eigenvalue weighted by Gasteiger charge is 2.40. The van der Waals surface area contributed by atoms with Crippen LogP contribution in [0, 0.1) is 5.92 Å². The normalized spacial score (nSPS) is 19.5. The van der Waals surface area contributed by atoms with Gasteiger partial charge < -0.3 is 19.6 Å². The topological polar surface area (TPSA) is 83.0 Å². The lowest BCUT2D eigenvalue weighted by Crippen LogP contribution is -2.43. The molecule has 0 saturated carbocycles. The number of benzene rings is 2. The van der Waals surface area contributed by atoms with Gasteiger partial charge in [0.05, 0.1) is 17.8 Å². The molecule has 8 heteroatoms. The number of thiazole rings is 1. The van der Waals surface area contributed by atoms with Gasteiger partial charge in [0.25, 0.3) is 5.91 Å². The van der Waals surface area contributed by atoms with Crippen LogP contribution in [-0.2, 0) is 4.74 Å². The van der Waals surface area contributed by atoms with Gasteiger partial charge in [-0.25, -0.2) is 9.78 Å². The first-order valence-electron chi connectivity index (χ1n) is 12.6. The Morgan fingerprint density at radius 1 is 1.16 bits per heavy atom. The summed E-state index contributed by atoms with van der Waals surface area (Å²) in [6.07, 6.45) is 2.19. The van der Waals surface area contributed by atoms with Crippen molar-refractivity contribution in [2.45, 2.75) is 51.4 Å². The van der Waals surface area contributed by atoms with E-state index in [1.165, 1.54) is 16.2 Å². The molecule has 1 N–H and O–H groups in total. The molecule has 0 radical (unpaired) electrons. The van der Waals surface area contributed by atoms with Gasteiger partial charge in [0.2, 0.25) is 0 Å².